The van der Waals surface area contributed by atoms with E-state index in [9.17, 15) is 0 Å². The predicted octanol–water partition coefficient (Wildman–Crippen LogP) is 4.79. The van der Waals surface area contributed by atoms with Gasteiger partial charge in [-0.25, -0.2) is 4.99 Å². The average molecular weight is 434 g/mol. The number of aliphatic imine (C=N–C) groups is 1. The van der Waals surface area contributed by atoms with Gasteiger partial charge < -0.3 is 15.2 Å². The summed E-state index contributed by atoms with van der Waals surface area (Å²) >= 11 is 0. The zero-order chi connectivity index (χ0) is 23.9. The molecule has 2 aromatic rings. The van der Waals surface area contributed by atoms with Crippen molar-refractivity contribution in [3.8, 4) is 11.1 Å². The fourth-order valence-corrected chi connectivity index (χ4v) is 6.97. The Bertz CT molecular complexity index is 1170. The van der Waals surface area contributed by atoms with Crippen LogP contribution in [0.5, 0.6) is 0 Å². The number of methoxy groups -OCH3 is 1. The largest absolute Gasteiger partial charge is 0.462 e. The highest BCUT2D eigenvalue weighted by atomic mass is 16.5. The topological polar surface area (TPSA) is 69.7 Å². The van der Waals surface area contributed by atoms with E-state index < -0.39 is 17.5 Å². The van der Waals surface area contributed by atoms with Gasteiger partial charge in [-0.1, -0.05) is 26.0 Å². The minimum Gasteiger partial charge on any atom is -0.462 e. The van der Waals surface area contributed by atoms with Crippen molar-refractivity contribution in [3.63, 3.8) is 0 Å². The van der Waals surface area contributed by atoms with Gasteiger partial charge in [0.15, 0.2) is 0 Å². The molecule has 2 unspecified atom stereocenters. The van der Waals surface area contributed by atoms with Gasteiger partial charge >= 0.3 is 0 Å². The van der Waals surface area contributed by atoms with Gasteiger partial charge in [-0.05, 0) is 84.2 Å². The van der Waals surface area contributed by atoms with Crippen molar-refractivity contribution < 1.29 is 12.2 Å². The van der Waals surface area contributed by atoms with Crippen LogP contribution < -0.4 is 5.73 Å². The van der Waals surface area contributed by atoms with E-state index in [0.717, 1.165) is 41.5 Å². The minimum absolute atomic E-state index is 0.0609. The van der Waals surface area contributed by atoms with Crippen LogP contribution in [0.3, 0.4) is 0 Å². The molecule has 2 N–H and O–H groups in total. The number of hydrogen-bond acceptors (Lipinski definition) is 5. The molecule has 32 heavy (non-hydrogen) atoms. The number of benzene rings is 1. The second-order valence-corrected chi connectivity index (χ2v) is 10.5. The summed E-state index contributed by atoms with van der Waals surface area (Å²) in [5, 5.41) is 0. The Morgan fingerprint density at radius 1 is 1.12 bits per heavy atom. The third kappa shape index (κ3) is 2.86. The molecule has 1 aromatic carbocycles. The van der Waals surface area contributed by atoms with Gasteiger partial charge in [0.1, 0.15) is 12.1 Å². The Balaban J connectivity index is 1.51. The first-order valence-corrected chi connectivity index (χ1v) is 11.9. The molecule has 0 bridgehead atoms. The molecule has 1 aliphatic heterocycles. The van der Waals surface area contributed by atoms with E-state index >= 15 is 0 Å². The lowest BCUT2D eigenvalue weighted by atomic mass is 9.57. The Morgan fingerprint density at radius 3 is 2.56 bits per heavy atom. The predicted molar refractivity (Wildman–Crippen MR) is 125 cm³/mol. The third-order valence-corrected chi connectivity index (χ3v) is 8.34. The van der Waals surface area contributed by atoms with Crippen molar-refractivity contribution in [2.24, 2.45) is 28.0 Å². The fourth-order valence-electron chi connectivity index (χ4n) is 6.97. The van der Waals surface area contributed by atoms with Crippen LogP contribution >= 0.6 is 0 Å². The molecule has 6 rings (SSSR count). The van der Waals surface area contributed by atoms with Gasteiger partial charge in [-0.15, -0.1) is 0 Å². The average Bonchev–Trinajstić information content (AvgIpc) is 3.55. The van der Waals surface area contributed by atoms with E-state index in [-0.39, 0.29) is 24.0 Å². The molecular formula is C27H33N3O2. The summed E-state index contributed by atoms with van der Waals surface area (Å²) in [5.74, 6) is 1.16. The number of aromatic nitrogens is 1. The van der Waals surface area contributed by atoms with Crippen molar-refractivity contribution in [2.45, 2.75) is 63.5 Å². The molecule has 0 amide bonds. The summed E-state index contributed by atoms with van der Waals surface area (Å²) in [5.41, 5.74) is 9.90. The van der Waals surface area contributed by atoms with E-state index in [1.165, 1.54) is 18.4 Å². The first kappa shape index (κ1) is 18.1. The standard InChI is InChI=1S/C27H33N3O2/c1-16-10-26(11-17(2)24(16)31-3)12-20-7-6-19(9-23(20)27(26)15-32-25(28)30-27)22-8-21(13-29-14-22)18-4-5-18/h6-9,13-14,16-18,24H,4-5,10-12,15H2,1-3H3,(H2,28,30)/t16-,17+,24?,26?,27-/m0/s1/i15D2. The molecule has 168 valence electrons. The van der Waals surface area contributed by atoms with Gasteiger partial charge in [0.2, 0.25) is 0 Å². The lowest BCUT2D eigenvalue weighted by molar-refractivity contribution is -0.0779. The van der Waals surface area contributed by atoms with E-state index in [1.54, 1.807) is 7.11 Å². The van der Waals surface area contributed by atoms with Crippen LogP contribution in [0.2, 0.25) is 0 Å². The molecule has 5 atom stereocenters. The fraction of sp³-hybridized carbons (Fsp3) is 0.556. The van der Waals surface area contributed by atoms with Crippen molar-refractivity contribution >= 4 is 6.02 Å². The molecule has 2 spiro atoms. The summed E-state index contributed by atoms with van der Waals surface area (Å²) in [6, 6.07) is 8.59. The quantitative estimate of drug-likeness (QED) is 0.756. The van der Waals surface area contributed by atoms with Crippen LogP contribution in [0, 0.1) is 17.3 Å². The van der Waals surface area contributed by atoms with Crippen molar-refractivity contribution in [3.05, 3.63) is 53.3 Å². The Labute approximate surface area is 193 Å². The zero-order valence-corrected chi connectivity index (χ0v) is 19.1. The maximum Gasteiger partial charge on any atom is 0.283 e. The molecule has 4 aliphatic rings. The number of ether oxygens (including phenoxy) is 2. The highest BCUT2D eigenvalue weighted by Gasteiger charge is 2.63. The molecule has 1 aromatic heterocycles. The van der Waals surface area contributed by atoms with Gasteiger partial charge in [-0.3, -0.25) is 4.98 Å². The molecule has 5 nitrogen and oxygen atoms in total. The first-order chi connectivity index (χ1) is 16.2. The van der Waals surface area contributed by atoms with Gasteiger partial charge in [-0.2, -0.15) is 0 Å². The summed E-state index contributed by atoms with van der Waals surface area (Å²) in [7, 11) is 1.78. The molecule has 0 saturated heterocycles. The Kier molecular flexibility index (Phi) is 3.98. The van der Waals surface area contributed by atoms with E-state index in [0.29, 0.717) is 5.92 Å². The van der Waals surface area contributed by atoms with Crippen molar-refractivity contribution in [1.29, 1.82) is 0 Å². The maximum atomic E-state index is 9.06. The number of nitrogens with two attached hydrogens (primary N) is 1. The van der Waals surface area contributed by atoms with Crippen molar-refractivity contribution in [2.75, 3.05) is 13.7 Å². The SMILES string of the molecule is [2H]C1([2H])OC(N)=N[C@]12c1cc(-c3cncc(C4CC4)c3)ccc1CC21C[C@@H](C)C(OC)[C@@H](C)C1. The molecule has 0 radical (unpaired) electrons. The Morgan fingerprint density at radius 2 is 1.91 bits per heavy atom. The highest BCUT2D eigenvalue weighted by Crippen LogP contribution is 2.63. The highest BCUT2D eigenvalue weighted by molar-refractivity contribution is 5.76. The number of pyridine rings is 1. The zero-order valence-electron chi connectivity index (χ0n) is 21.1. The number of fused-ring (bicyclic) bond motifs is 3. The number of amidine groups is 1. The molecular weight excluding hydrogens is 398 g/mol. The monoisotopic (exact) mass is 433 g/mol. The van der Waals surface area contributed by atoms with Crippen LogP contribution in [-0.4, -0.2) is 30.8 Å². The summed E-state index contributed by atoms with van der Waals surface area (Å²) in [6.45, 7) is 2.39. The van der Waals surface area contributed by atoms with E-state index in [1.807, 2.05) is 12.4 Å². The van der Waals surface area contributed by atoms with Crippen molar-refractivity contribution in [1.82, 2.24) is 4.98 Å². The summed E-state index contributed by atoms with van der Waals surface area (Å²) in [6.07, 6.45) is 8.83. The van der Waals surface area contributed by atoms with Gasteiger partial charge in [0, 0.05) is 30.5 Å². The molecule has 2 heterocycles. The van der Waals surface area contributed by atoms with Crippen LogP contribution in [0.25, 0.3) is 11.1 Å². The first-order valence-electron chi connectivity index (χ1n) is 12.9. The van der Waals surface area contributed by atoms with E-state index in [4.69, 9.17) is 22.9 Å². The minimum atomic E-state index is -2.03. The van der Waals surface area contributed by atoms with Crippen LogP contribution in [0.1, 0.15) is 64.9 Å². The van der Waals surface area contributed by atoms with E-state index in [2.05, 4.69) is 43.1 Å². The second kappa shape index (κ2) is 7.05. The summed E-state index contributed by atoms with van der Waals surface area (Å²) in [4.78, 5) is 9.35. The van der Waals surface area contributed by atoms with Crippen LogP contribution in [0.15, 0.2) is 41.7 Å². The molecule has 3 aliphatic carbocycles. The van der Waals surface area contributed by atoms with Crippen LogP contribution in [0.4, 0.5) is 0 Å². The second-order valence-electron chi connectivity index (χ2n) is 10.5. The normalized spacial score (nSPS) is 38.2. The lowest BCUT2D eigenvalue weighted by Crippen LogP contribution is -2.51. The summed E-state index contributed by atoms with van der Waals surface area (Å²) < 4.78 is 29.6. The van der Waals surface area contributed by atoms with Crippen LogP contribution in [-0.2, 0) is 21.4 Å². The number of hydrogen-bond donors (Lipinski definition) is 1. The number of nitrogens with zero attached hydrogens (tertiary/aromatic N) is 2. The Hall–Kier alpha value is -2.40. The number of rotatable bonds is 3. The molecule has 2 saturated carbocycles. The molecule has 2 fully saturated rings. The lowest BCUT2D eigenvalue weighted by Gasteiger charge is -2.50. The smallest absolute Gasteiger partial charge is 0.283 e. The maximum absolute atomic E-state index is 9.06. The van der Waals surface area contributed by atoms with Gasteiger partial charge in [0.25, 0.3) is 6.02 Å². The third-order valence-electron chi connectivity index (χ3n) is 8.34. The van der Waals surface area contributed by atoms with Gasteiger partial charge in [0.05, 0.1) is 8.85 Å². The molecule has 5 heteroatoms.